The summed E-state index contributed by atoms with van der Waals surface area (Å²) in [5.74, 6) is 0.653. The van der Waals surface area contributed by atoms with Gasteiger partial charge in [0.1, 0.15) is 40.6 Å². The van der Waals surface area contributed by atoms with Gasteiger partial charge in [-0.15, -0.1) is 0 Å². The lowest BCUT2D eigenvalue weighted by molar-refractivity contribution is -0.150. The lowest BCUT2D eigenvalue weighted by Gasteiger charge is -2.16. The molecular formula is C65H63F9N6O13. The van der Waals surface area contributed by atoms with E-state index in [-0.39, 0.29) is 88.4 Å². The van der Waals surface area contributed by atoms with Crippen LogP contribution in [0.2, 0.25) is 0 Å². The molecule has 0 amide bonds. The van der Waals surface area contributed by atoms with E-state index in [9.17, 15) is 49.1 Å². The second-order valence-electron chi connectivity index (χ2n) is 21.1. The molecule has 1 N–H and O–H groups in total. The molecule has 0 unspecified atom stereocenters. The maximum absolute atomic E-state index is 13.5. The summed E-state index contributed by atoms with van der Waals surface area (Å²) >= 11 is 0. The fraction of sp³-hybridized carbons (Fsp3) is 0.323. The van der Waals surface area contributed by atoms with Crippen molar-refractivity contribution < 1.29 is 101 Å². The molecule has 0 aliphatic rings. The predicted molar refractivity (Wildman–Crippen MR) is 318 cm³/mol. The van der Waals surface area contributed by atoms with Crippen molar-refractivity contribution >= 4 is 12.3 Å². The van der Waals surface area contributed by atoms with E-state index >= 15 is 0 Å². The Morgan fingerprint density at radius 2 is 0.753 bits per heavy atom. The van der Waals surface area contributed by atoms with Gasteiger partial charge in [-0.1, -0.05) is 15.5 Å². The van der Waals surface area contributed by atoms with Crippen LogP contribution in [-0.4, -0.2) is 97.6 Å². The van der Waals surface area contributed by atoms with Gasteiger partial charge in [0.05, 0.1) is 48.2 Å². The molecule has 3 atom stereocenters. The summed E-state index contributed by atoms with van der Waals surface area (Å²) in [5, 5.41) is 20.4. The van der Waals surface area contributed by atoms with Crippen molar-refractivity contribution in [2.75, 3.05) is 13.2 Å². The number of carbonyl (C=O) groups excluding carboxylic acids is 2. The third kappa shape index (κ3) is 19.8. The van der Waals surface area contributed by atoms with Crippen molar-refractivity contribution in [2.45, 2.75) is 124 Å². The minimum Gasteiger partial charge on any atom is -0.490 e. The monoisotopic (exact) mass is 1310 g/mol. The summed E-state index contributed by atoms with van der Waals surface area (Å²) in [5.41, 5.74) is -0.636. The molecule has 28 heteroatoms. The van der Waals surface area contributed by atoms with E-state index in [0.717, 1.165) is 18.2 Å². The molecule has 0 spiro atoms. The summed E-state index contributed by atoms with van der Waals surface area (Å²) in [7, 11) is 0. The Hall–Kier alpha value is -9.99. The average molecular weight is 1310 g/mol. The Morgan fingerprint density at radius 1 is 0.452 bits per heavy atom. The summed E-state index contributed by atoms with van der Waals surface area (Å²) in [4.78, 5) is 34.9. The van der Waals surface area contributed by atoms with Crippen molar-refractivity contribution in [1.29, 1.82) is 0 Å². The number of aldehydes is 1. The number of aliphatic hydroxyl groups excluding tert-OH is 1. The van der Waals surface area contributed by atoms with Gasteiger partial charge in [-0.05, 0) is 197 Å². The molecule has 3 heterocycles. The van der Waals surface area contributed by atoms with Gasteiger partial charge in [-0.2, -0.15) is 54.5 Å². The molecule has 0 saturated heterocycles. The molecule has 0 aliphatic carbocycles. The largest absolute Gasteiger partial charge is 0.490 e. The van der Waals surface area contributed by atoms with E-state index in [4.69, 9.17) is 51.8 Å². The van der Waals surface area contributed by atoms with Crippen molar-refractivity contribution in [2.24, 2.45) is 0 Å². The Kier molecular flexibility index (Phi) is 23.4. The zero-order chi connectivity index (χ0) is 68.0. The molecule has 3 aromatic heterocycles. The average Bonchev–Trinajstić information content (AvgIpc) is 1.93. The lowest BCUT2D eigenvalue weighted by atomic mass is 10.1. The lowest BCUT2D eigenvalue weighted by Crippen LogP contribution is -2.25. The van der Waals surface area contributed by atoms with Crippen LogP contribution in [-0.2, 0) is 32.9 Å². The van der Waals surface area contributed by atoms with Gasteiger partial charge in [0.2, 0.25) is 17.5 Å². The molecule has 0 bridgehead atoms. The predicted octanol–water partition coefficient (Wildman–Crippen LogP) is 15.7. The number of halogens is 9. The van der Waals surface area contributed by atoms with Crippen LogP contribution in [0.4, 0.5) is 39.5 Å². The van der Waals surface area contributed by atoms with Crippen LogP contribution in [0.15, 0.2) is 141 Å². The first-order chi connectivity index (χ1) is 43.9. The molecule has 93 heavy (non-hydrogen) atoms. The van der Waals surface area contributed by atoms with Crippen LogP contribution in [0.1, 0.15) is 85.9 Å². The highest BCUT2D eigenvalue weighted by molar-refractivity contribution is 5.74. The first kappa shape index (κ1) is 70.5. The van der Waals surface area contributed by atoms with Crippen LogP contribution in [0.25, 0.3) is 68.5 Å². The number of benzene rings is 6. The molecular weight excluding hydrogens is 1240 g/mol. The Labute approximate surface area is 526 Å². The smallest absolute Gasteiger partial charge is 0.419 e. The molecule has 0 fully saturated rings. The van der Waals surface area contributed by atoms with Gasteiger partial charge in [-0.3, -0.25) is 4.79 Å². The topological polar surface area (TPSA) is 236 Å². The molecule has 6 aromatic carbocycles. The van der Waals surface area contributed by atoms with Gasteiger partial charge in [0.15, 0.2) is 18.5 Å². The number of alkyl halides is 9. The standard InChI is InChI=1S/C23H23F3N2O5.C21H21F3N2O4.C21H19F3N2O4/c1-5-30-22(29)14(4)32-17-9-6-15(7-10-17)21-27-20(28-33-21)16-8-11-19(31-13(2)3)18(12-16)23(24,25)26;2*1-12(2)28-18-9-6-15(10-17(18)21(22,23)24)19-25-20(30-26-19)14-4-7-16(8-5-14)29-13(3)11-27/h6-14H,5H2,1-4H3;4-10,12-13,27H,11H2,1-3H3;4-13H,1-3H3/t14-;2*13-/m111/s1. The number of ether oxygens (including phenoxy) is 7. The third-order valence-electron chi connectivity index (χ3n) is 12.3. The number of hydrogen-bond donors (Lipinski definition) is 1. The Bertz CT molecular complexity index is 3890. The van der Waals surface area contributed by atoms with Crippen LogP contribution in [0.3, 0.4) is 0 Å². The third-order valence-corrected chi connectivity index (χ3v) is 12.3. The summed E-state index contributed by atoms with van der Waals surface area (Å²) in [6, 6.07) is 30.6. The van der Waals surface area contributed by atoms with E-state index in [1.807, 2.05) is 0 Å². The molecule has 0 radical (unpaired) electrons. The number of aromatic nitrogens is 6. The molecule has 0 aliphatic heterocycles. The van der Waals surface area contributed by atoms with Crippen molar-refractivity contribution in [3.8, 4) is 103 Å². The van der Waals surface area contributed by atoms with E-state index in [2.05, 4.69) is 30.4 Å². The highest BCUT2D eigenvalue weighted by Gasteiger charge is 2.38. The van der Waals surface area contributed by atoms with Crippen LogP contribution in [0.5, 0.6) is 34.5 Å². The van der Waals surface area contributed by atoms with Crippen molar-refractivity contribution in [3.63, 3.8) is 0 Å². The van der Waals surface area contributed by atoms with Crippen LogP contribution in [0, 0.1) is 0 Å². The highest BCUT2D eigenvalue weighted by atomic mass is 19.4. The maximum atomic E-state index is 13.5. The Balaban J connectivity index is 0.000000198. The normalized spacial score (nSPS) is 12.6. The van der Waals surface area contributed by atoms with Gasteiger partial charge in [-0.25, -0.2) is 4.79 Å². The van der Waals surface area contributed by atoms with E-state index < -0.39 is 71.7 Å². The van der Waals surface area contributed by atoms with Gasteiger partial charge in [0.25, 0.3) is 17.7 Å². The molecule has 19 nitrogen and oxygen atoms in total. The number of esters is 1. The molecule has 9 aromatic rings. The number of rotatable bonds is 22. The summed E-state index contributed by atoms with van der Waals surface area (Å²) in [6.45, 7) is 16.6. The Morgan fingerprint density at radius 3 is 1.03 bits per heavy atom. The molecule has 9 rings (SSSR count). The van der Waals surface area contributed by atoms with Gasteiger partial charge in [0, 0.05) is 33.4 Å². The first-order valence-electron chi connectivity index (χ1n) is 28.6. The maximum Gasteiger partial charge on any atom is 0.419 e. The van der Waals surface area contributed by atoms with E-state index in [1.165, 1.54) is 36.4 Å². The fourth-order valence-electron chi connectivity index (χ4n) is 8.17. The second kappa shape index (κ2) is 30.9. The quantitative estimate of drug-likeness (QED) is 0.0377. The SMILES string of the molecule is CC(C)Oc1ccc(-c2noc(-c3ccc(O[C@H](C)C=O)cc3)n2)cc1C(F)(F)F.CC(C)Oc1ccc(-c2noc(-c3ccc(O[C@H](C)CO)cc3)n2)cc1C(F)(F)F.CCOC(=O)[C@@H](C)Oc1ccc(-c2nc(-c3ccc(OC(C)C)c(C(F)(F)F)c3)no2)cc1. The summed E-state index contributed by atoms with van der Waals surface area (Å²) in [6.07, 6.45) is -16.1. The van der Waals surface area contributed by atoms with Gasteiger partial charge < -0.3 is 51.8 Å². The number of aliphatic hydroxyl groups is 1. The summed E-state index contributed by atoms with van der Waals surface area (Å²) < 4.78 is 174. The number of carbonyl (C=O) groups is 2. The van der Waals surface area contributed by atoms with E-state index in [0.29, 0.717) is 40.2 Å². The number of hydrogen-bond acceptors (Lipinski definition) is 19. The zero-order valence-electron chi connectivity index (χ0n) is 51.5. The van der Waals surface area contributed by atoms with Crippen LogP contribution >= 0.6 is 0 Å². The minimum atomic E-state index is -4.61. The molecule has 494 valence electrons. The van der Waals surface area contributed by atoms with Crippen molar-refractivity contribution in [3.05, 3.63) is 144 Å². The second-order valence-corrected chi connectivity index (χ2v) is 21.1. The minimum absolute atomic E-state index is 0.00265. The fourth-order valence-corrected chi connectivity index (χ4v) is 8.17. The molecule has 0 saturated carbocycles. The zero-order valence-corrected chi connectivity index (χ0v) is 51.5. The van der Waals surface area contributed by atoms with Gasteiger partial charge >= 0.3 is 24.5 Å². The van der Waals surface area contributed by atoms with Crippen LogP contribution < -0.4 is 28.4 Å². The van der Waals surface area contributed by atoms with Crippen molar-refractivity contribution in [1.82, 2.24) is 30.4 Å². The van der Waals surface area contributed by atoms with E-state index in [1.54, 1.807) is 142 Å². The highest BCUT2D eigenvalue weighted by Crippen LogP contribution is 2.42. The first-order valence-corrected chi connectivity index (χ1v) is 28.6. The number of nitrogens with zero attached hydrogens (tertiary/aromatic N) is 6.